The van der Waals surface area contributed by atoms with E-state index in [-0.39, 0.29) is 11.9 Å². The van der Waals surface area contributed by atoms with Gasteiger partial charge in [0.15, 0.2) is 0 Å². The van der Waals surface area contributed by atoms with Crippen molar-refractivity contribution in [1.29, 1.82) is 0 Å². The van der Waals surface area contributed by atoms with Gasteiger partial charge in [-0.3, -0.25) is 9.69 Å². The van der Waals surface area contributed by atoms with Gasteiger partial charge < -0.3 is 10.2 Å². The van der Waals surface area contributed by atoms with E-state index < -0.39 is 0 Å². The van der Waals surface area contributed by atoms with E-state index in [2.05, 4.69) is 64.6 Å². The Hall–Kier alpha value is -1.82. The monoisotopic (exact) mass is 409 g/mol. The molecule has 0 saturated carbocycles. The van der Waals surface area contributed by atoms with Crippen LogP contribution in [0, 0.1) is 0 Å². The van der Waals surface area contributed by atoms with E-state index in [1.807, 2.05) is 6.07 Å². The zero-order chi connectivity index (χ0) is 20.1. The van der Waals surface area contributed by atoms with Gasteiger partial charge in [-0.1, -0.05) is 36.4 Å². The van der Waals surface area contributed by atoms with Crippen molar-refractivity contribution in [2.75, 3.05) is 45.5 Å². The third-order valence-electron chi connectivity index (χ3n) is 6.01. The summed E-state index contributed by atoms with van der Waals surface area (Å²) < 4.78 is 0. The minimum Gasteiger partial charge on any atom is -0.347 e. The summed E-state index contributed by atoms with van der Waals surface area (Å²) in [6.07, 6.45) is 3.64. The lowest BCUT2D eigenvalue weighted by Crippen LogP contribution is -2.48. The first-order valence-corrected chi connectivity index (χ1v) is 11.7. The summed E-state index contributed by atoms with van der Waals surface area (Å²) in [5.41, 5.74) is 4.13. The molecule has 1 saturated heterocycles. The molecular formula is C24H31N3OS. The van der Waals surface area contributed by atoms with Crippen LogP contribution in [0.25, 0.3) is 0 Å². The Labute approximate surface area is 178 Å². The Morgan fingerprint density at radius 1 is 1.03 bits per heavy atom. The van der Waals surface area contributed by atoms with Crippen molar-refractivity contribution in [2.45, 2.75) is 30.2 Å². The smallest absolute Gasteiger partial charge is 0.230 e. The van der Waals surface area contributed by atoms with Crippen LogP contribution in [-0.4, -0.2) is 61.2 Å². The van der Waals surface area contributed by atoms with Gasteiger partial charge in [0.25, 0.3) is 0 Å². The maximum atomic E-state index is 12.8. The van der Waals surface area contributed by atoms with E-state index in [1.54, 1.807) is 11.8 Å². The van der Waals surface area contributed by atoms with E-state index in [0.717, 1.165) is 32.7 Å². The number of carbonyl (C=O) groups excluding carboxylic acids is 1. The molecule has 2 aromatic rings. The van der Waals surface area contributed by atoms with Crippen molar-refractivity contribution in [3.05, 3.63) is 65.2 Å². The molecule has 0 bridgehead atoms. The fourth-order valence-corrected chi connectivity index (χ4v) is 5.00. The maximum Gasteiger partial charge on any atom is 0.230 e. The number of hydrogen-bond acceptors (Lipinski definition) is 4. The van der Waals surface area contributed by atoms with E-state index in [4.69, 9.17) is 0 Å². The highest BCUT2D eigenvalue weighted by molar-refractivity contribution is 8.00. The highest BCUT2D eigenvalue weighted by Gasteiger charge is 2.21. The number of rotatable bonds is 7. The SMILES string of the molecule is CN1CCN(CC(NC(=O)CSc2ccc3c(c2)CCC3)c2ccccc2)CC1. The first kappa shape index (κ1) is 20.5. The largest absolute Gasteiger partial charge is 0.347 e. The molecule has 1 atom stereocenters. The molecule has 5 heteroatoms. The number of piperazine rings is 1. The highest BCUT2D eigenvalue weighted by Crippen LogP contribution is 2.27. The number of nitrogens with one attached hydrogen (secondary N) is 1. The predicted molar refractivity (Wildman–Crippen MR) is 120 cm³/mol. The van der Waals surface area contributed by atoms with Crippen LogP contribution in [0.15, 0.2) is 53.4 Å². The van der Waals surface area contributed by atoms with Crippen molar-refractivity contribution in [3.63, 3.8) is 0 Å². The second-order valence-corrected chi connectivity index (χ2v) is 9.26. The van der Waals surface area contributed by atoms with Crippen LogP contribution in [0.2, 0.25) is 0 Å². The Balaban J connectivity index is 1.35. The van der Waals surface area contributed by atoms with Crippen LogP contribution in [0.4, 0.5) is 0 Å². The summed E-state index contributed by atoms with van der Waals surface area (Å²) in [5, 5.41) is 3.30. The number of amides is 1. The fraction of sp³-hybridized carbons (Fsp3) is 0.458. The maximum absolute atomic E-state index is 12.8. The zero-order valence-electron chi connectivity index (χ0n) is 17.3. The molecule has 1 unspecified atom stereocenters. The number of fused-ring (bicyclic) bond motifs is 1. The number of aryl methyl sites for hydroxylation is 2. The van der Waals surface area contributed by atoms with Gasteiger partial charge in [-0.25, -0.2) is 0 Å². The minimum atomic E-state index is 0.0349. The van der Waals surface area contributed by atoms with Crippen LogP contribution in [-0.2, 0) is 17.6 Å². The summed E-state index contributed by atoms with van der Waals surface area (Å²) in [5.74, 6) is 0.573. The van der Waals surface area contributed by atoms with Gasteiger partial charge in [0.1, 0.15) is 0 Å². The number of carbonyl (C=O) groups is 1. The van der Waals surface area contributed by atoms with Crippen LogP contribution in [0.5, 0.6) is 0 Å². The summed E-state index contributed by atoms with van der Waals surface area (Å²) in [4.78, 5) is 18.8. The third-order valence-corrected chi connectivity index (χ3v) is 7.01. The summed E-state index contributed by atoms with van der Waals surface area (Å²) >= 11 is 1.65. The highest BCUT2D eigenvalue weighted by atomic mass is 32.2. The summed E-state index contributed by atoms with van der Waals surface area (Å²) in [6.45, 7) is 5.15. The molecule has 4 rings (SSSR count). The minimum absolute atomic E-state index is 0.0349. The van der Waals surface area contributed by atoms with Crippen molar-refractivity contribution in [3.8, 4) is 0 Å². The van der Waals surface area contributed by atoms with Crippen LogP contribution in [0.1, 0.15) is 29.2 Å². The molecule has 0 radical (unpaired) electrons. The summed E-state index contributed by atoms with van der Waals surface area (Å²) in [7, 11) is 2.17. The Morgan fingerprint density at radius 3 is 2.59 bits per heavy atom. The number of hydrogen-bond donors (Lipinski definition) is 1. The topological polar surface area (TPSA) is 35.6 Å². The van der Waals surface area contributed by atoms with Crippen molar-refractivity contribution in [1.82, 2.24) is 15.1 Å². The third kappa shape index (κ3) is 5.62. The fourth-order valence-electron chi connectivity index (χ4n) is 4.23. The number of thioether (sulfide) groups is 1. The molecule has 1 N–H and O–H groups in total. The molecule has 2 aliphatic rings. The normalized spacial score (nSPS) is 18.4. The van der Waals surface area contributed by atoms with Gasteiger partial charge in [0.05, 0.1) is 11.8 Å². The van der Waals surface area contributed by atoms with E-state index in [9.17, 15) is 4.79 Å². The zero-order valence-corrected chi connectivity index (χ0v) is 18.1. The molecule has 1 aliphatic carbocycles. The number of benzene rings is 2. The molecule has 1 amide bonds. The first-order valence-electron chi connectivity index (χ1n) is 10.7. The predicted octanol–water partition coefficient (Wildman–Crippen LogP) is 3.37. The second-order valence-electron chi connectivity index (χ2n) is 8.21. The quantitative estimate of drug-likeness (QED) is 0.711. The molecule has 0 aromatic heterocycles. The van der Waals surface area contributed by atoms with Crippen LogP contribution >= 0.6 is 11.8 Å². The number of likely N-dealkylation sites (N-methyl/N-ethyl adjacent to an activating group) is 1. The van der Waals surface area contributed by atoms with Gasteiger partial charge in [0.2, 0.25) is 5.91 Å². The molecule has 1 heterocycles. The second kappa shape index (κ2) is 9.79. The standard InChI is InChI=1S/C24H31N3OS/c1-26-12-14-27(15-13-26)17-23(20-6-3-2-4-7-20)25-24(28)18-29-22-11-10-19-8-5-9-21(19)16-22/h2-4,6-7,10-11,16,23H,5,8-9,12-15,17-18H2,1H3,(H,25,28). The molecule has 154 valence electrons. The number of nitrogens with zero attached hydrogens (tertiary/aromatic N) is 2. The van der Waals surface area contributed by atoms with Crippen molar-refractivity contribution in [2.24, 2.45) is 0 Å². The molecular weight excluding hydrogens is 378 g/mol. The van der Waals surface area contributed by atoms with Crippen LogP contribution in [0.3, 0.4) is 0 Å². The van der Waals surface area contributed by atoms with Gasteiger partial charge in [-0.15, -0.1) is 11.8 Å². The van der Waals surface area contributed by atoms with E-state index in [1.165, 1.54) is 40.8 Å². The van der Waals surface area contributed by atoms with Crippen molar-refractivity contribution >= 4 is 17.7 Å². The van der Waals surface area contributed by atoms with Crippen LogP contribution < -0.4 is 5.32 Å². The van der Waals surface area contributed by atoms with Gasteiger partial charge in [0, 0.05) is 37.6 Å². The first-order chi connectivity index (χ1) is 14.2. The Kier molecular flexibility index (Phi) is 6.90. The molecule has 1 fully saturated rings. The van der Waals surface area contributed by atoms with Crippen molar-refractivity contribution < 1.29 is 4.79 Å². The Bertz CT molecular complexity index is 818. The average molecular weight is 410 g/mol. The van der Waals surface area contributed by atoms with Gasteiger partial charge in [-0.05, 0) is 55.1 Å². The lowest BCUT2D eigenvalue weighted by atomic mass is 10.1. The van der Waals surface area contributed by atoms with Gasteiger partial charge in [-0.2, -0.15) is 0 Å². The molecule has 2 aromatic carbocycles. The van der Waals surface area contributed by atoms with E-state index >= 15 is 0 Å². The molecule has 0 spiro atoms. The van der Waals surface area contributed by atoms with E-state index in [0.29, 0.717) is 5.75 Å². The molecule has 4 nitrogen and oxygen atoms in total. The lowest BCUT2D eigenvalue weighted by Gasteiger charge is -2.35. The lowest BCUT2D eigenvalue weighted by molar-refractivity contribution is -0.119. The average Bonchev–Trinajstić information content (AvgIpc) is 3.22. The molecule has 29 heavy (non-hydrogen) atoms. The summed E-state index contributed by atoms with van der Waals surface area (Å²) in [6, 6.07) is 17.1. The Morgan fingerprint density at radius 2 is 1.79 bits per heavy atom. The van der Waals surface area contributed by atoms with Gasteiger partial charge >= 0.3 is 0 Å². The molecule has 1 aliphatic heterocycles.